The number of nitrogens with one attached hydrogen (secondary N) is 1. The third-order valence-electron chi connectivity index (χ3n) is 3.82. The zero-order valence-corrected chi connectivity index (χ0v) is 13.2. The Morgan fingerprint density at radius 2 is 1.80 bits per heavy atom. The average Bonchev–Trinajstić information content (AvgIpc) is 3.08. The second-order valence-corrected chi connectivity index (χ2v) is 6.85. The topological polar surface area (TPSA) is 15.3 Å². The summed E-state index contributed by atoms with van der Waals surface area (Å²) in [5.41, 5.74) is -0.0904. The third kappa shape index (κ3) is 6.93. The van der Waals surface area contributed by atoms with Gasteiger partial charge in [-0.3, -0.25) is 4.90 Å². The molecule has 1 fully saturated rings. The van der Waals surface area contributed by atoms with Gasteiger partial charge in [0.1, 0.15) is 0 Å². The van der Waals surface area contributed by atoms with Crippen molar-refractivity contribution in [2.24, 2.45) is 5.41 Å². The Hall–Kier alpha value is -0.290. The minimum Gasteiger partial charge on any atom is -0.314 e. The zero-order chi connectivity index (χ0) is 15.4. The quantitative estimate of drug-likeness (QED) is 0.695. The van der Waals surface area contributed by atoms with Crippen LogP contribution in [0.5, 0.6) is 0 Å². The molecule has 0 heterocycles. The van der Waals surface area contributed by atoms with Crippen LogP contribution in [0.25, 0.3) is 0 Å². The van der Waals surface area contributed by atoms with Crippen LogP contribution in [0.1, 0.15) is 53.4 Å². The molecule has 1 aliphatic carbocycles. The number of hydrogen-bond donors (Lipinski definition) is 1. The van der Waals surface area contributed by atoms with Gasteiger partial charge in [0.05, 0.1) is 6.54 Å². The highest BCUT2D eigenvalue weighted by molar-refractivity contribution is 4.90. The molecule has 20 heavy (non-hydrogen) atoms. The average molecular weight is 294 g/mol. The molecule has 0 spiro atoms. The van der Waals surface area contributed by atoms with E-state index in [0.717, 1.165) is 32.2 Å². The Bertz CT molecular complexity index is 287. The summed E-state index contributed by atoms with van der Waals surface area (Å²) in [5, 5.41) is 3.39. The maximum atomic E-state index is 12.7. The van der Waals surface area contributed by atoms with Gasteiger partial charge in [0.25, 0.3) is 0 Å². The van der Waals surface area contributed by atoms with Crippen LogP contribution < -0.4 is 5.32 Å². The Labute approximate surface area is 121 Å². The maximum Gasteiger partial charge on any atom is 0.401 e. The molecule has 1 aliphatic rings. The van der Waals surface area contributed by atoms with Gasteiger partial charge in [0.15, 0.2) is 0 Å². The number of alkyl halides is 3. The molecule has 1 unspecified atom stereocenters. The minimum absolute atomic E-state index is 0.0904. The largest absolute Gasteiger partial charge is 0.401 e. The lowest BCUT2D eigenvalue weighted by molar-refractivity contribution is -0.150. The van der Waals surface area contributed by atoms with Gasteiger partial charge in [-0.15, -0.1) is 0 Å². The highest BCUT2D eigenvalue weighted by Gasteiger charge is 2.40. The van der Waals surface area contributed by atoms with Gasteiger partial charge in [0, 0.05) is 25.2 Å². The van der Waals surface area contributed by atoms with E-state index in [4.69, 9.17) is 0 Å². The molecule has 0 saturated heterocycles. The summed E-state index contributed by atoms with van der Waals surface area (Å²) in [6.07, 6.45) is -0.318. The number of halogens is 3. The SMILES string of the molecule is CCCC(C)(CNC(C)C)CN(CC(F)(F)F)C1CC1. The normalized spacial score (nSPS) is 19.6. The summed E-state index contributed by atoms with van der Waals surface area (Å²) >= 11 is 0. The lowest BCUT2D eigenvalue weighted by Crippen LogP contribution is -2.47. The molecule has 5 heteroatoms. The standard InChI is InChI=1S/C15H29F3N2/c1-5-8-14(4,9-19-12(2)3)10-20(13-6-7-13)11-15(16,17)18/h12-13,19H,5-11H2,1-4H3. The van der Waals surface area contributed by atoms with E-state index >= 15 is 0 Å². The number of nitrogens with zero attached hydrogens (tertiary/aromatic N) is 1. The molecule has 0 bridgehead atoms. The maximum absolute atomic E-state index is 12.7. The van der Waals surface area contributed by atoms with Crippen LogP contribution in [-0.4, -0.2) is 42.8 Å². The summed E-state index contributed by atoms with van der Waals surface area (Å²) in [6.45, 7) is 8.89. The molecule has 120 valence electrons. The fraction of sp³-hybridized carbons (Fsp3) is 1.00. The number of rotatable bonds is 9. The van der Waals surface area contributed by atoms with Crippen molar-refractivity contribution >= 4 is 0 Å². The van der Waals surface area contributed by atoms with Gasteiger partial charge in [0.2, 0.25) is 0 Å². The van der Waals surface area contributed by atoms with Crippen molar-refractivity contribution in [2.75, 3.05) is 19.6 Å². The first-order valence-corrected chi connectivity index (χ1v) is 7.69. The molecule has 0 aliphatic heterocycles. The van der Waals surface area contributed by atoms with Crippen molar-refractivity contribution in [3.63, 3.8) is 0 Å². The zero-order valence-electron chi connectivity index (χ0n) is 13.2. The molecule has 0 aromatic heterocycles. The molecule has 1 saturated carbocycles. The van der Waals surface area contributed by atoms with Crippen LogP contribution in [0.2, 0.25) is 0 Å². The molecule has 0 aromatic rings. The Morgan fingerprint density at radius 3 is 2.20 bits per heavy atom. The van der Waals surface area contributed by atoms with Gasteiger partial charge in [-0.05, 0) is 24.7 Å². The third-order valence-corrected chi connectivity index (χ3v) is 3.82. The fourth-order valence-corrected chi connectivity index (χ4v) is 2.75. The van der Waals surface area contributed by atoms with Gasteiger partial charge in [-0.1, -0.05) is 34.1 Å². The first kappa shape index (κ1) is 17.8. The van der Waals surface area contributed by atoms with Crippen LogP contribution >= 0.6 is 0 Å². The second-order valence-electron chi connectivity index (χ2n) is 6.85. The fourth-order valence-electron chi connectivity index (χ4n) is 2.75. The van der Waals surface area contributed by atoms with Gasteiger partial charge in [-0.2, -0.15) is 13.2 Å². The summed E-state index contributed by atoms with van der Waals surface area (Å²) in [7, 11) is 0. The summed E-state index contributed by atoms with van der Waals surface area (Å²) < 4.78 is 38.1. The van der Waals surface area contributed by atoms with Gasteiger partial charge >= 0.3 is 6.18 Å². The molecule has 1 rings (SSSR count). The van der Waals surface area contributed by atoms with Crippen molar-refractivity contribution in [3.8, 4) is 0 Å². The monoisotopic (exact) mass is 294 g/mol. The van der Waals surface area contributed by atoms with Crippen molar-refractivity contribution in [1.82, 2.24) is 10.2 Å². The van der Waals surface area contributed by atoms with Crippen LogP contribution in [0.4, 0.5) is 13.2 Å². The van der Waals surface area contributed by atoms with E-state index in [1.807, 2.05) is 0 Å². The number of hydrogen-bond acceptors (Lipinski definition) is 2. The Balaban J connectivity index is 2.64. The molecule has 0 amide bonds. The van der Waals surface area contributed by atoms with Crippen LogP contribution in [-0.2, 0) is 0 Å². The first-order chi connectivity index (χ1) is 9.15. The van der Waals surface area contributed by atoms with E-state index in [1.54, 1.807) is 4.90 Å². The van der Waals surface area contributed by atoms with E-state index in [1.165, 1.54) is 0 Å². The lowest BCUT2D eigenvalue weighted by atomic mass is 9.84. The minimum atomic E-state index is -4.10. The molecule has 2 nitrogen and oxygen atoms in total. The van der Waals surface area contributed by atoms with Crippen LogP contribution in [0, 0.1) is 5.41 Å². The van der Waals surface area contributed by atoms with E-state index in [9.17, 15) is 13.2 Å². The van der Waals surface area contributed by atoms with Crippen LogP contribution in [0.3, 0.4) is 0 Å². The molecule has 1 atom stereocenters. The predicted octanol–water partition coefficient (Wildman–Crippen LogP) is 3.82. The predicted molar refractivity (Wildman–Crippen MR) is 76.8 cm³/mol. The smallest absolute Gasteiger partial charge is 0.314 e. The molecular formula is C15H29F3N2. The molecule has 0 radical (unpaired) electrons. The summed E-state index contributed by atoms with van der Waals surface area (Å²) in [4.78, 5) is 1.65. The summed E-state index contributed by atoms with van der Waals surface area (Å²) in [6, 6.07) is 0.509. The van der Waals surface area contributed by atoms with E-state index in [2.05, 4.69) is 33.0 Å². The highest BCUT2D eigenvalue weighted by Crippen LogP contribution is 2.34. The second kappa shape index (κ2) is 7.12. The highest BCUT2D eigenvalue weighted by atomic mass is 19.4. The lowest BCUT2D eigenvalue weighted by Gasteiger charge is -2.37. The van der Waals surface area contributed by atoms with Crippen molar-refractivity contribution < 1.29 is 13.2 Å². The van der Waals surface area contributed by atoms with Crippen molar-refractivity contribution in [1.29, 1.82) is 0 Å². The molecular weight excluding hydrogens is 265 g/mol. The van der Waals surface area contributed by atoms with Crippen molar-refractivity contribution in [2.45, 2.75) is 71.6 Å². The van der Waals surface area contributed by atoms with E-state index in [0.29, 0.717) is 12.6 Å². The summed E-state index contributed by atoms with van der Waals surface area (Å²) in [5.74, 6) is 0. The van der Waals surface area contributed by atoms with Crippen LogP contribution in [0.15, 0.2) is 0 Å². The van der Waals surface area contributed by atoms with E-state index in [-0.39, 0.29) is 11.5 Å². The first-order valence-electron chi connectivity index (χ1n) is 7.69. The Morgan fingerprint density at radius 1 is 1.20 bits per heavy atom. The van der Waals surface area contributed by atoms with Gasteiger partial charge < -0.3 is 5.32 Å². The Kier molecular flexibility index (Phi) is 6.32. The molecule has 0 aromatic carbocycles. The van der Waals surface area contributed by atoms with Crippen molar-refractivity contribution in [3.05, 3.63) is 0 Å². The van der Waals surface area contributed by atoms with E-state index < -0.39 is 12.7 Å². The molecule has 1 N–H and O–H groups in total. The van der Waals surface area contributed by atoms with Gasteiger partial charge in [-0.25, -0.2) is 0 Å².